The summed E-state index contributed by atoms with van der Waals surface area (Å²) in [6, 6.07) is 17.0. The Morgan fingerprint density at radius 3 is 2.45 bits per heavy atom. The zero-order valence-corrected chi connectivity index (χ0v) is 19.8. The topological polar surface area (TPSA) is 49.2 Å². The van der Waals surface area contributed by atoms with Crippen LogP contribution < -0.4 is 4.74 Å². The maximum atomic E-state index is 5.93. The molecular formula is C28H31N3O2. The SMILES string of the molecule is COc1c(-c2ccc(CC3C[C@@H](C)O[C@@H](C)C3)nc2)ccc2c(-c3ccnn3C)cccc12. The molecule has 1 unspecified atom stereocenters. The van der Waals surface area contributed by atoms with Crippen molar-refractivity contribution in [1.29, 1.82) is 0 Å². The number of rotatable bonds is 5. The second-order valence-corrected chi connectivity index (χ2v) is 9.22. The third-order valence-corrected chi connectivity index (χ3v) is 6.74. The number of fused-ring (bicyclic) bond motifs is 1. The van der Waals surface area contributed by atoms with Crippen LogP contribution in [0.15, 0.2) is 60.9 Å². The summed E-state index contributed by atoms with van der Waals surface area (Å²) in [6.45, 7) is 4.34. The molecule has 0 amide bonds. The largest absolute Gasteiger partial charge is 0.495 e. The molecule has 1 aliphatic heterocycles. The predicted molar refractivity (Wildman–Crippen MR) is 132 cm³/mol. The molecule has 5 rings (SSSR count). The summed E-state index contributed by atoms with van der Waals surface area (Å²) in [5, 5.41) is 6.57. The molecule has 0 N–H and O–H groups in total. The quantitative estimate of drug-likeness (QED) is 0.378. The first-order valence-corrected chi connectivity index (χ1v) is 11.7. The molecule has 1 aliphatic rings. The fourth-order valence-electron chi connectivity index (χ4n) is 5.35. The van der Waals surface area contributed by atoms with E-state index >= 15 is 0 Å². The minimum absolute atomic E-state index is 0.330. The van der Waals surface area contributed by atoms with Gasteiger partial charge in [-0.15, -0.1) is 0 Å². The number of aromatic nitrogens is 3. The van der Waals surface area contributed by atoms with Crippen molar-refractivity contribution in [1.82, 2.24) is 14.8 Å². The summed E-state index contributed by atoms with van der Waals surface area (Å²) in [4.78, 5) is 4.82. The van der Waals surface area contributed by atoms with Gasteiger partial charge in [0.2, 0.25) is 0 Å². The van der Waals surface area contributed by atoms with E-state index in [1.54, 1.807) is 7.11 Å². The number of ether oxygens (including phenoxy) is 2. The molecule has 0 saturated carbocycles. The zero-order valence-electron chi connectivity index (χ0n) is 19.8. The smallest absolute Gasteiger partial charge is 0.134 e. The van der Waals surface area contributed by atoms with Crippen molar-refractivity contribution in [3.05, 3.63) is 66.6 Å². The number of pyridine rings is 1. The first-order chi connectivity index (χ1) is 16.0. The van der Waals surface area contributed by atoms with E-state index in [1.165, 1.54) is 0 Å². The molecule has 2 aromatic carbocycles. The highest BCUT2D eigenvalue weighted by atomic mass is 16.5. The van der Waals surface area contributed by atoms with Gasteiger partial charge >= 0.3 is 0 Å². The summed E-state index contributed by atoms with van der Waals surface area (Å²) < 4.78 is 13.7. The summed E-state index contributed by atoms with van der Waals surface area (Å²) >= 11 is 0. The van der Waals surface area contributed by atoms with Gasteiger partial charge in [0.1, 0.15) is 5.75 Å². The van der Waals surface area contributed by atoms with Crippen molar-refractivity contribution in [2.75, 3.05) is 7.11 Å². The molecule has 1 saturated heterocycles. The molecular weight excluding hydrogens is 410 g/mol. The zero-order chi connectivity index (χ0) is 22.9. The minimum Gasteiger partial charge on any atom is -0.495 e. The van der Waals surface area contributed by atoms with Crippen molar-refractivity contribution in [2.24, 2.45) is 13.0 Å². The van der Waals surface area contributed by atoms with Crippen LogP contribution in [0.25, 0.3) is 33.2 Å². The van der Waals surface area contributed by atoms with Crippen LogP contribution in [0.3, 0.4) is 0 Å². The second kappa shape index (κ2) is 8.99. The number of methoxy groups -OCH3 is 1. The lowest BCUT2D eigenvalue weighted by Gasteiger charge is -2.31. The maximum Gasteiger partial charge on any atom is 0.134 e. The average molecular weight is 442 g/mol. The third kappa shape index (κ3) is 4.25. The highest BCUT2D eigenvalue weighted by Gasteiger charge is 2.25. The van der Waals surface area contributed by atoms with Gasteiger partial charge in [-0.2, -0.15) is 5.10 Å². The Kier molecular flexibility index (Phi) is 5.90. The van der Waals surface area contributed by atoms with E-state index in [-0.39, 0.29) is 0 Å². The van der Waals surface area contributed by atoms with Crippen LogP contribution in [0.4, 0.5) is 0 Å². The molecule has 5 nitrogen and oxygen atoms in total. The summed E-state index contributed by atoms with van der Waals surface area (Å²) in [7, 11) is 3.71. The van der Waals surface area contributed by atoms with Crippen molar-refractivity contribution in [2.45, 2.75) is 45.3 Å². The van der Waals surface area contributed by atoms with Crippen molar-refractivity contribution < 1.29 is 9.47 Å². The fourth-order valence-corrected chi connectivity index (χ4v) is 5.35. The third-order valence-electron chi connectivity index (χ3n) is 6.74. The Hall–Kier alpha value is -3.18. The molecule has 2 aromatic heterocycles. The lowest BCUT2D eigenvalue weighted by molar-refractivity contribution is -0.0519. The van der Waals surface area contributed by atoms with Gasteiger partial charge in [-0.25, -0.2) is 0 Å². The Balaban J connectivity index is 1.47. The maximum absolute atomic E-state index is 5.93. The van der Waals surface area contributed by atoms with Crippen LogP contribution in [-0.4, -0.2) is 34.1 Å². The van der Waals surface area contributed by atoms with Crippen LogP contribution >= 0.6 is 0 Å². The lowest BCUT2D eigenvalue weighted by atomic mass is 9.88. The summed E-state index contributed by atoms with van der Waals surface area (Å²) in [6.07, 6.45) is 7.68. The van der Waals surface area contributed by atoms with Gasteiger partial charge in [-0.05, 0) is 62.6 Å². The fraction of sp³-hybridized carbons (Fsp3) is 0.357. The lowest BCUT2D eigenvalue weighted by Crippen LogP contribution is -2.30. The number of aryl methyl sites for hydroxylation is 1. The van der Waals surface area contributed by atoms with E-state index in [1.807, 2.05) is 30.2 Å². The Bertz CT molecular complexity index is 1250. The molecule has 5 heteroatoms. The second-order valence-electron chi connectivity index (χ2n) is 9.22. The molecule has 0 radical (unpaired) electrons. The molecule has 3 atom stereocenters. The van der Waals surface area contributed by atoms with Gasteiger partial charge in [0.05, 0.1) is 25.0 Å². The van der Waals surface area contributed by atoms with E-state index < -0.39 is 0 Å². The van der Waals surface area contributed by atoms with Gasteiger partial charge in [0, 0.05) is 47.2 Å². The Morgan fingerprint density at radius 1 is 0.970 bits per heavy atom. The number of benzene rings is 2. The molecule has 170 valence electrons. The van der Waals surface area contributed by atoms with Crippen molar-refractivity contribution in [3.8, 4) is 28.1 Å². The first-order valence-electron chi connectivity index (χ1n) is 11.7. The van der Waals surface area contributed by atoms with Crippen molar-refractivity contribution >= 4 is 10.8 Å². The van der Waals surface area contributed by atoms with E-state index in [0.29, 0.717) is 18.1 Å². The standard InChI is InChI=1S/C28H31N3O2/c1-18-14-20(15-19(2)33-18)16-22-9-8-21(17-29-22)23-10-11-24-25(27-12-13-30-31(27)3)6-5-7-26(24)28(23)32-4/h5-13,17-20H,14-16H2,1-4H3/t18-,19+,20?. The molecule has 3 heterocycles. The van der Waals surface area contributed by atoms with Gasteiger partial charge in [-0.1, -0.05) is 30.3 Å². The summed E-state index contributed by atoms with van der Waals surface area (Å²) in [5.74, 6) is 1.50. The Labute approximate surface area is 195 Å². The van der Waals surface area contributed by atoms with E-state index in [0.717, 1.165) is 63.9 Å². The molecule has 0 aliphatic carbocycles. The highest BCUT2D eigenvalue weighted by molar-refractivity contribution is 6.02. The van der Waals surface area contributed by atoms with E-state index in [2.05, 4.69) is 61.4 Å². The molecule has 4 aromatic rings. The van der Waals surface area contributed by atoms with Crippen LogP contribution in [-0.2, 0) is 18.2 Å². The number of nitrogens with zero attached hydrogens (tertiary/aromatic N) is 3. The monoisotopic (exact) mass is 441 g/mol. The highest BCUT2D eigenvalue weighted by Crippen LogP contribution is 2.40. The van der Waals surface area contributed by atoms with Crippen LogP contribution in [0.5, 0.6) is 5.75 Å². The Morgan fingerprint density at radius 2 is 1.79 bits per heavy atom. The van der Waals surface area contributed by atoms with Gasteiger partial charge in [-0.3, -0.25) is 9.67 Å². The van der Waals surface area contributed by atoms with Crippen LogP contribution in [0.2, 0.25) is 0 Å². The van der Waals surface area contributed by atoms with E-state index in [9.17, 15) is 0 Å². The van der Waals surface area contributed by atoms with Gasteiger partial charge < -0.3 is 9.47 Å². The molecule has 33 heavy (non-hydrogen) atoms. The van der Waals surface area contributed by atoms with Gasteiger partial charge in [0.15, 0.2) is 0 Å². The average Bonchev–Trinajstić information content (AvgIpc) is 3.23. The predicted octanol–water partition coefficient (Wildman–Crippen LogP) is 6.06. The normalized spacial score (nSPS) is 20.8. The van der Waals surface area contributed by atoms with Crippen LogP contribution in [0, 0.1) is 5.92 Å². The molecule has 0 bridgehead atoms. The summed E-state index contributed by atoms with van der Waals surface area (Å²) in [5.41, 5.74) is 5.49. The van der Waals surface area contributed by atoms with Crippen LogP contribution in [0.1, 0.15) is 32.4 Å². The molecule has 1 fully saturated rings. The number of hydrogen-bond acceptors (Lipinski definition) is 4. The first kappa shape index (κ1) is 21.7. The van der Waals surface area contributed by atoms with E-state index in [4.69, 9.17) is 14.5 Å². The minimum atomic E-state index is 0.330. The van der Waals surface area contributed by atoms with Gasteiger partial charge in [0.25, 0.3) is 0 Å². The number of hydrogen-bond donors (Lipinski definition) is 0. The van der Waals surface area contributed by atoms with Crippen molar-refractivity contribution in [3.63, 3.8) is 0 Å². The molecule has 0 spiro atoms.